The standard InChI is InChI=1S/C18H22O2/c1-5-13-14-8-6-7-9-15(14)18(19-4)16-10-11(2)20-12(3)17(13)16/h6-9,11-12H,5,10H2,1-4H3/t11-,12+/m0/s1. The Bertz CT molecular complexity index is 645. The Morgan fingerprint density at radius 2 is 1.90 bits per heavy atom. The fraction of sp³-hybridized carbons (Fsp3) is 0.444. The number of fused-ring (bicyclic) bond motifs is 2. The molecule has 2 nitrogen and oxygen atoms in total. The van der Waals surface area contributed by atoms with Crippen molar-refractivity contribution < 1.29 is 9.47 Å². The smallest absolute Gasteiger partial charge is 0.130 e. The molecule has 1 aliphatic heterocycles. The Labute approximate surface area is 120 Å². The van der Waals surface area contributed by atoms with Gasteiger partial charge in [-0.2, -0.15) is 0 Å². The van der Waals surface area contributed by atoms with Gasteiger partial charge in [0.15, 0.2) is 0 Å². The van der Waals surface area contributed by atoms with Crippen molar-refractivity contribution in [2.24, 2.45) is 0 Å². The van der Waals surface area contributed by atoms with Gasteiger partial charge < -0.3 is 9.47 Å². The van der Waals surface area contributed by atoms with Gasteiger partial charge in [-0.3, -0.25) is 0 Å². The maximum Gasteiger partial charge on any atom is 0.130 e. The fourth-order valence-corrected chi connectivity index (χ4v) is 3.62. The van der Waals surface area contributed by atoms with Gasteiger partial charge in [0.05, 0.1) is 19.3 Å². The van der Waals surface area contributed by atoms with Crippen molar-refractivity contribution in [3.05, 3.63) is 41.0 Å². The van der Waals surface area contributed by atoms with E-state index in [1.165, 1.54) is 27.5 Å². The van der Waals surface area contributed by atoms with Crippen LogP contribution in [0.25, 0.3) is 10.8 Å². The molecule has 0 bridgehead atoms. The molecule has 2 atom stereocenters. The molecule has 1 aliphatic rings. The minimum absolute atomic E-state index is 0.141. The highest BCUT2D eigenvalue weighted by atomic mass is 16.5. The van der Waals surface area contributed by atoms with Gasteiger partial charge in [0.1, 0.15) is 5.75 Å². The average Bonchev–Trinajstić information content (AvgIpc) is 2.44. The molecule has 0 aromatic heterocycles. The van der Waals surface area contributed by atoms with Crippen LogP contribution >= 0.6 is 0 Å². The number of hydrogen-bond donors (Lipinski definition) is 0. The van der Waals surface area contributed by atoms with Crippen LogP contribution in [-0.2, 0) is 17.6 Å². The van der Waals surface area contributed by atoms with Crippen LogP contribution < -0.4 is 4.74 Å². The minimum Gasteiger partial charge on any atom is -0.496 e. The number of ether oxygens (including phenoxy) is 2. The normalized spacial score (nSPS) is 21.8. The van der Waals surface area contributed by atoms with Crippen molar-refractivity contribution in [3.8, 4) is 5.75 Å². The van der Waals surface area contributed by atoms with Crippen LogP contribution in [0.2, 0.25) is 0 Å². The van der Waals surface area contributed by atoms with Gasteiger partial charge in [-0.25, -0.2) is 0 Å². The van der Waals surface area contributed by atoms with Crippen LogP contribution in [0.3, 0.4) is 0 Å². The van der Waals surface area contributed by atoms with Crippen molar-refractivity contribution in [3.63, 3.8) is 0 Å². The van der Waals surface area contributed by atoms with Crippen molar-refractivity contribution >= 4 is 10.8 Å². The molecular formula is C18H22O2. The second-order valence-electron chi connectivity index (χ2n) is 5.60. The van der Waals surface area contributed by atoms with E-state index in [-0.39, 0.29) is 12.2 Å². The van der Waals surface area contributed by atoms with Crippen molar-refractivity contribution in [1.82, 2.24) is 0 Å². The van der Waals surface area contributed by atoms with Crippen LogP contribution in [0, 0.1) is 0 Å². The predicted octanol–water partition coefficient (Wildman–Crippen LogP) is 4.43. The van der Waals surface area contributed by atoms with E-state index in [4.69, 9.17) is 9.47 Å². The predicted molar refractivity (Wildman–Crippen MR) is 82.5 cm³/mol. The zero-order chi connectivity index (χ0) is 14.3. The molecule has 0 radical (unpaired) electrons. The molecule has 20 heavy (non-hydrogen) atoms. The zero-order valence-electron chi connectivity index (χ0n) is 12.7. The monoisotopic (exact) mass is 270 g/mol. The highest BCUT2D eigenvalue weighted by Gasteiger charge is 2.29. The molecule has 2 aromatic rings. The second kappa shape index (κ2) is 5.10. The van der Waals surface area contributed by atoms with E-state index in [0.717, 1.165) is 18.6 Å². The molecule has 0 N–H and O–H groups in total. The Kier molecular flexibility index (Phi) is 3.43. The summed E-state index contributed by atoms with van der Waals surface area (Å²) < 4.78 is 11.8. The number of aryl methyl sites for hydroxylation is 1. The first-order valence-corrected chi connectivity index (χ1v) is 7.43. The molecule has 106 valence electrons. The molecule has 1 heterocycles. The van der Waals surface area contributed by atoms with E-state index < -0.39 is 0 Å². The molecule has 0 fully saturated rings. The van der Waals surface area contributed by atoms with Gasteiger partial charge in [0, 0.05) is 17.4 Å². The average molecular weight is 270 g/mol. The third-order valence-corrected chi connectivity index (χ3v) is 4.31. The van der Waals surface area contributed by atoms with E-state index in [1.54, 1.807) is 7.11 Å². The molecular weight excluding hydrogens is 248 g/mol. The maximum absolute atomic E-state index is 6.05. The van der Waals surface area contributed by atoms with Gasteiger partial charge in [0.2, 0.25) is 0 Å². The highest BCUT2D eigenvalue weighted by molar-refractivity contribution is 5.94. The lowest BCUT2D eigenvalue weighted by Crippen LogP contribution is -2.24. The quantitative estimate of drug-likeness (QED) is 0.803. The summed E-state index contributed by atoms with van der Waals surface area (Å²) in [5.74, 6) is 1.04. The summed E-state index contributed by atoms with van der Waals surface area (Å²) in [7, 11) is 1.78. The Morgan fingerprint density at radius 1 is 1.20 bits per heavy atom. The van der Waals surface area contributed by atoms with Crippen LogP contribution in [0.1, 0.15) is 43.6 Å². The fourth-order valence-electron chi connectivity index (χ4n) is 3.62. The van der Waals surface area contributed by atoms with Gasteiger partial charge in [0.25, 0.3) is 0 Å². The lowest BCUT2D eigenvalue weighted by atomic mass is 9.85. The molecule has 2 heteroatoms. The molecule has 0 spiro atoms. The third kappa shape index (κ3) is 1.90. The summed E-state index contributed by atoms with van der Waals surface area (Å²) in [6, 6.07) is 8.55. The highest BCUT2D eigenvalue weighted by Crippen LogP contribution is 2.43. The summed E-state index contributed by atoms with van der Waals surface area (Å²) in [5, 5.41) is 2.53. The summed E-state index contributed by atoms with van der Waals surface area (Å²) in [4.78, 5) is 0. The largest absolute Gasteiger partial charge is 0.496 e. The number of methoxy groups -OCH3 is 1. The molecule has 0 saturated heterocycles. The Morgan fingerprint density at radius 3 is 2.55 bits per heavy atom. The second-order valence-corrected chi connectivity index (χ2v) is 5.60. The molecule has 0 unspecified atom stereocenters. The van der Waals surface area contributed by atoms with Crippen LogP contribution in [0.5, 0.6) is 5.75 Å². The summed E-state index contributed by atoms with van der Waals surface area (Å²) in [6.07, 6.45) is 2.34. The lowest BCUT2D eigenvalue weighted by Gasteiger charge is -2.32. The van der Waals surface area contributed by atoms with Crippen molar-refractivity contribution in [2.75, 3.05) is 7.11 Å². The van der Waals surface area contributed by atoms with E-state index >= 15 is 0 Å². The first-order valence-electron chi connectivity index (χ1n) is 7.43. The minimum atomic E-state index is 0.141. The molecule has 0 saturated carbocycles. The topological polar surface area (TPSA) is 18.5 Å². The molecule has 3 rings (SSSR count). The number of rotatable bonds is 2. The van der Waals surface area contributed by atoms with E-state index in [2.05, 4.69) is 45.0 Å². The first kappa shape index (κ1) is 13.4. The first-order chi connectivity index (χ1) is 9.67. The lowest BCUT2D eigenvalue weighted by molar-refractivity contribution is -0.00567. The van der Waals surface area contributed by atoms with Crippen LogP contribution in [0.4, 0.5) is 0 Å². The number of benzene rings is 2. The van der Waals surface area contributed by atoms with E-state index in [0.29, 0.717) is 0 Å². The van der Waals surface area contributed by atoms with Gasteiger partial charge >= 0.3 is 0 Å². The molecule has 0 aliphatic carbocycles. The SMILES string of the molecule is CCc1c2c(c(OC)c3ccccc13)C[C@H](C)O[C@@H]2C. The van der Waals surface area contributed by atoms with Gasteiger partial charge in [-0.05, 0) is 36.8 Å². The van der Waals surface area contributed by atoms with Crippen molar-refractivity contribution in [2.45, 2.75) is 45.8 Å². The van der Waals surface area contributed by atoms with Crippen molar-refractivity contribution in [1.29, 1.82) is 0 Å². The van der Waals surface area contributed by atoms with Crippen LogP contribution in [-0.4, -0.2) is 13.2 Å². The van der Waals surface area contributed by atoms with Gasteiger partial charge in [-0.1, -0.05) is 31.2 Å². The van der Waals surface area contributed by atoms with E-state index in [9.17, 15) is 0 Å². The zero-order valence-corrected chi connectivity index (χ0v) is 12.7. The third-order valence-electron chi connectivity index (χ3n) is 4.31. The summed E-state index contributed by atoms with van der Waals surface area (Å²) in [5.41, 5.74) is 4.10. The maximum atomic E-state index is 6.05. The summed E-state index contributed by atoms with van der Waals surface area (Å²) in [6.45, 7) is 6.51. The summed E-state index contributed by atoms with van der Waals surface area (Å²) >= 11 is 0. The van der Waals surface area contributed by atoms with Gasteiger partial charge in [-0.15, -0.1) is 0 Å². The Hall–Kier alpha value is -1.54. The Balaban J connectivity index is 2.42. The molecule has 2 aromatic carbocycles. The van der Waals surface area contributed by atoms with Crippen LogP contribution in [0.15, 0.2) is 24.3 Å². The number of hydrogen-bond acceptors (Lipinski definition) is 2. The molecule has 0 amide bonds. The van der Waals surface area contributed by atoms with E-state index in [1.807, 2.05) is 0 Å².